The average molecular weight is 456 g/mol. The SMILES string of the molecule is CCN(CC1(O)CCN(C(=O)Nc2cc(Cl)cc(Cl)c2)CC1)C(=O)CC1CCCC1. The van der Waals surface area contributed by atoms with Crippen LogP contribution in [0, 0.1) is 5.92 Å². The molecule has 0 atom stereocenters. The first-order valence-corrected chi connectivity index (χ1v) is 11.6. The molecule has 0 radical (unpaired) electrons. The monoisotopic (exact) mass is 455 g/mol. The number of hydrogen-bond acceptors (Lipinski definition) is 3. The number of aliphatic hydroxyl groups is 1. The van der Waals surface area contributed by atoms with E-state index in [2.05, 4.69) is 5.32 Å². The van der Waals surface area contributed by atoms with Crippen LogP contribution in [0.1, 0.15) is 51.9 Å². The van der Waals surface area contributed by atoms with E-state index in [1.165, 1.54) is 12.8 Å². The molecule has 0 spiro atoms. The van der Waals surface area contributed by atoms with Crippen molar-refractivity contribution in [3.8, 4) is 0 Å². The van der Waals surface area contributed by atoms with E-state index in [0.29, 0.717) is 67.1 Å². The van der Waals surface area contributed by atoms with Crippen molar-refractivity contribution in [2.24, 2.45) is 5.92 Å². The summed E-state index contributed by atoms with van der Waals surface area (Å²) in [6.45, 7) is 3.71. The zero-order valence-corrected chi connectivity index (χ0v) is 19.0. The largest absolute Gasteiger partial charge is 0.388 e. The second-order valence-electron chi connectivity index (χ2n) is 8.56. The zero-order valence-electron chi connectivity index (χ0n) is 17.5. The number of hydrogen-bond donors (Lipinski definition) is 2. The fraction of sp³-hybridized carbons (Fsp3) is 0.636. The van der Waals surface area contributed by atoms with E-state index in [1.54, 1.807) is 28.0 Å². The lowest BCUT2D eigenvalue weighted by Gasteiger charge is -2.40. The van der Waals surface area contributed by atoms with Gasteiger partial charge in [0.2, 0.25) is 5.91 Å². The summed E-state index contributed by atoms with van der Waals surface area (Å²) >= 11 is 12.0. The molecule has 3 amide bonds. The molecule has 1 aliphatic carbocycles. The molecule has 2 aliphatic rings. The fourth-order valence-corrected chi connectivity index (χ4v) is 4.96. The number of benzene rings is 1. The smallest absolute Gasteiger partial charge is 0.321 e. The number of halogens is 2. The van der Waals surface area contributed by atoms with Crippen molar-refractivity contribution in [2.45, 2.75) is 57.5 Å². The summed E-state index contributed by atoms with van der Waals surface area (Å²) in [5, 5.41) is 14.8. The minimum atomic E-state index is -0.961. The molecule has 30 heavy (non-hydrogen) atoms. The maximum absolute atomic E-state index is 12.7. The van der Waals surface area contributed by atoms with Crippen LogP contribution in [0.25, 0.3) is 0 Å². The van der Waals surface area contributed by atoms with Crippen molar-refractivity contribution in [1.82, 2.24) is 9.80 Å². The molecule has 0 unspecified atom stereocenters. The number of piperidine rings is 1. The standard InChI is InChI=1S/C22H31Cl2N3O3/c1-2-26(20(28)11-16-5-3-4-6-16)15-22(30)7-9-27(10-8-22)21(29)25-19-13-17(23)12-18(24)14-19/h12-14,16,30H,2-11,15H2,1H3,(H,25,29). The van der Waals surface area contributed by atoms with Gasteiger partial charge in [-0.15, -0.1) is 0 Å². The maximum atomic E-state index is 12.7. The molecule has 8 heteroatoms. The van der Waals surface area contributed by atoms with Crippen molar-refractivity contribution in [3.05, 3.63) is 28.2 Å². The predicted octanol–water partition coefficient (Wildman–Crippen LogP) is 4.78. The molecular weight excluding hydrogens is 425 g/mol. The molecule has 2 fully saturated rings. The third-order valence-electron chi connectivity index (χ3n) is 6.25. The van der Waals surface area contributed by atoms with E-state index >= 15 is 0 Å². The summed E-state index contributed by atoms with van der Waals surface area (Å²) in [4.78, 5) is 28.7. The van der Waals surface area contributed by atoms with E-state index in [9.17, 15) is 14.7 Å². The number of carbonyl (C=O) groups is 2. The van der Waals surface area contributed by atoms with Crippen LogP contribution in [0.3, 0.4) is 0 Å². The normalized spacial score (nSPS) is 19.0. The van der Waals surface area contributed by atoms with Crippen LogP contribution in [-0.4, -0.2) is 58.6 Å². The first-order chi connectivity index (χ1) is 14.3. The number of likely N-dealkylation sites (N-methyl/N-ethyl adjacent to an activating group) is 1. The molecule has 0 bridgehead atoms. The minimum Gasteiger partial charge on any atom is -0.388 e. The number of nitrogens with zero attached hydrogens (tertiary/aromatic N) is 2. The molecule has 1 saturated heterocycles. The lowest BCUT2D eigenvalue weighted by atomic mass is 9.90. The van der Waals surface area contributed by atoms with E-state index in [1.807, 2.05) is 6.92 Å². The van der Waals surface area contributed by atoms with Gasteiger partial charge in [0.05, 0.1) is 5.60 Å². The summed E-state index contributed by atoms with van der Waals surface area (Å²) in [7, 11) is 0. The quantitative estimate of drug-likeness (QED) is 0.647. The Balaban J connectivity index is 1.51. The van der Waals surface area contributed by atoms with Gasteiger partial charge in [-0.1, -0.05) is 36.0 Å². The highest BCUT2D eigenvalue weighted by Gasteiger charge is 2.36. The summed E-state index contributed by atoms with van der Waals surface area (Å²) < 4.78 is 0. The van der Waals surface area contributed by atoms with E-state index < -0.39 is 5.60 Å². The zero-order chi connectivity index (χ0) is 21.7. The van der Waals surface area contributed by atoms with E-state index in [0.717, 1.165) is 12.8 Å². The molecular formula is C22H31Cl2N3O3. The number of urea groups is 1. The van der Waals surface area contributed by atoms with Gasteiger partial charge < -0.3 is 20.2 Å². The number of nitrogens with one attached hydrogen (secondary N) is 1. The van der Waals surface area contributed by atoms with Gasteiger partial charge in [0.1, 0.15) is 0 Å². The Morgan fingerprint density at radius 1 is 1.17 bits per heavy atom. The number of amides is 3. The van der Waals surface area contributed by atoms with Gasteiger partial charge in [0.25, 0.3) is 0 Å². The van der Waals surface area contributed by atoms with Crippen LogP contribution in [0.15, 0.2) is 18.2 Å². The number of rotatable bonds is 6. The molecule has 1 heterocycles. The van der Waals surface area contributed by atoms with Crippen LogP contribution in [0.2, 0.25) is 10.0 Å². The predicted molar refractivity (Wildman–Crippen MR) is 120 cm³/mol. The van der Waals surface area contributed by atoms with Crippen LogP contribution < -0.4 is 5.32 Å². The Bertz CT molecular complexity index is 740. The highest BCUT2D eigenvalue weighted by Crippen LogP contribution is 2.29. The Kier molecular flexibility index (Phi) is 7.88. The summed E-state index contributed by atoms with van der Waals surface area (Å²) in [5.74, 6) is 0.627. The van der Waals surface area contributed by atoms with Crippen molar-refractivity contribution < 1.29 is 14.7 Å². The van der Waals surface area contributed by atoms with Crippen molar-refractivity contribution >= 4 is 40.8 Å². The lowest BCUT2D eigenvalue weighted by molar-refractivity contribution is -0.137. The Morgan fingerprint density at radius 3 is 2.33 bits per heavy atom. The number of carbonyl (C=O) groups excluding carboxylic acids is 2. The van der Waals surface area contributed by atoms with Crippen molar-refractivity contribution in [3.63, 3.8) is 0 Å². The Labute approximate surface area is 188 Å². The lowest BCUT2D eigenvalue weighted by Crippen LogP contribution is -2.53. The van der Waals surface area contributed by atoms with E-state index in [-0.39, 0.29) is 11.9 Å². The average Bonchev–Trinajstić information content (AvgIpc) is 3.18. The van der Waals surface area contributed by atoms with Gasteiger partial charge in [-0.05, 0) is 56.7 Å². The van der Waals surface area contributed by atoms with Gasteiger partial charge in [-0.25, -0.2) is 4.79 Å². The first-order valence-electron chi connectivity index (χ1n) is 10.8. The molecule has 3 rings (SSSR count). The summed E-state index contributed by atoms with van der Waals surface area (Å²) in [6.07, 6.45) is 6.15. The van der Waals surface area contributed by atoms with Crippen LogP contribution >= 0.6 is 23.2 Å². The highest BCUT2D eigenvalue weighted by atomic mass is 35.5. The van der Waals surface area contributed by atoms with Crippen molar-refractivity contribution in [2.75, 3.05) is 31.5 Å². The molecule has 1 aromatic rings. The third kappa shape index (κ3) is 6.25. The molecule has 1 saturated carbocycles. The molecule has 2 N–H and O–H groups in total. The highest BCUT2D eigenvalue weighted by molar-refractivity contribution is 6.35. The van der Waals surface area contributed by atoms with Crippen LogP contribution in [-0.2, 0) is 4.79 Å². The minimum absolute atomic E-state index is 0.135. The van der Waals surface area contributed by atoms with Gasteiger partial charge in [0.15, 0.2) is 0 Å². The second-order valence-corrected chi connectivity index (χ2v) is 9.44. The van der Waals surface area contributed by atoms with E-state index in [4.69, 9.17) is 23.2 Å². The summed E-state index contributed by atoms with van der Waals surface area (Å²) in [5.41, 5.74) is -0.426. The third-order valence-corrected chi connectivity index (χ3v) is 6.69. The Hall–Kier alpha value is -1.50. The molecule has 1 aromatic carbocycles. The number of anilines is 1. The van der Waals surface area contributed by atoms with Gasteiger partial charge in [-0.2, -0.15) is 0 Å². The Morgan fingerprint density at radius 2 is 1.77 bits per heavy atom. The molecule has 1 aliphatic heterocycles. The van der Waals surface area contributed by atoms with Crippen LogP contribution in [0.5, 0.6) is 0 Å². The molecule has 0 aromatic heterocycles. The number of likely N-dealkylation sites (tertiary alicyclic amines) is 1. The topological polar surface area (TPSA) is 72.9 Å². The summed E-state index contributed by atoms with van der Waals surface area (Å²) in [6, 6.07) is 4.63. The second kappa shape index (κ2) is 10.2. The molecule has 6 nitrogen and oxygen atoms in total. The maximum Gasteiger partial charge on any atom is 0.321 e. The van der Waals surface area contributed by atoms with Gasteiger partial charge in [-0.3, -0.25) is 4.79 Å². The van der Waals surface area contributed by atoms with Crippen molar-refractivity contribution in [1.29, 1.82) is 0 Å². The fourth-order valence-electron chi connectivity index (χ4n) is 4.43. The molecule has 166 valence electrons. The van der Waals surface area contributed by atoms with Gasteiger partial charge in [0, 0.05) is 48.3 Å². The first kappa shape index (κ1) is 23.2. The van der Waals surface area contributed by atoms with Gasteiger partial charge >= 0.3 is 6.03 Å². The van der Waals surface area contributed by atoms with Crippen LogP contribution in [0.4, 0.5) is 10.5 Å².